The molecule has 102 valence electrons. The fourth-order valence-electron chi connectivity index (χ4n) is 1.89. The van der Waals surface area contributed by atoms with Crippen molar-refractivity contribution in [3.8, 4) is 0 Å². The molecule has 0 bridgehead atoms. The Morgan fingerprint density at radius 1 is 1.10 bits per heavy atom. The lowest BCUT2D eigenvalue weighted by atomic mass is 10.1. The smallest absolute Gasteiger partial charge is 0.255 e. The van der Waals surface area contributed by atoms with E-state index in [4.69, 9.17) is 11.6 Å². The summed E-state index contributed by atoms with van der Waals surface area (Å²) in [6.45, 7) is 1.92. The van der Waals surface area contributed by atoms with E-state index in [0.29, 0.717) is 16.8 Å². The van der Waals surface area contributed by atoms with Gasteiger partial charge < -0.3 is 5.32 Å². The average molecular weight is 288 g/mol. The molecule has 0 aliphatic rings. The Labute approximate surface area is 122 Å². The summed E-state index contributed by atoms with van der Waals surface area (Å²) in [5.74, 6) is -0.576. The first-order valence-corrected chi connectivity index (χ1v) is 6.71. The van der Waals surface area contributed by atoms with Crippen LogP contribution in [-0.2, 0) is 0 Å². The van der Waals surface area contributed by atoms with Crippen LogP contribution in [0.15, 0.2) is 48.5 Å². The van der Waals surface area contributed by atoms with Crippen LogP contribution < -0.4 is 5.32 Å². The fraction of sp³-hybridized carbons (Fsp3) is 0.125. The topological polar surface area (TPSA) is 46.2 Å². The van der Waals surface area contributed by atoms with E-state index < -0.39 is 0 Å². The summed E-state index contributed by atoms with van der Waals surface area (Å²) < 4.78 is 0. The number of aryl methyl sites for hydroxylation is 1. The number of alkyl halides is 1. The lowest BCUT2D eigenvalue weighted by Gasteiger charge is -2.09. The maximum Gasteiger partial charge on any atom is 0.255 e. The molecule has 0 saturated carbocycles. The molecule has 2 rings (SSSR count). The molecule has 0 aliphatic heterocycles. The number of carbonyl (C=O) groups is 2. The van der Waals surface area contributed by atoms with Crippen molar-refractivity contribution in [1.29, 1.82) is 0 Å². The number of amides is 1. The number of halogens is 1. The van der Waals surface area contributed by atoms with Gasteiger partial charge in [-0.2, -0.15) is 0 Å². The van der Waals surface area contributed by atoms with E-state index in [1.165, 1.54) is 0 Å². The summed E-state index contributed by atoms with van der Waals surface area (Å²) in [5.41, 5.74) is 2.45. The van der Waals surface area contributed by atoms with Crippen LogP contribution in [-0.4, -0.2) is 17.6 Å². The molecular formula is C16H14ClNO2. The van der Waals surface area contributed by atoms with Crippen LogP contribution in [0.4, 0.5) is 5.69 Å². The third-order valence-electron chi connectivity index (χ3n) is 2.88. The summed E-state index contributed by atoms with van der Waals surface area (Å²) in [4.78, 5) is 23.9. The maximum absolute atomic E-state index is 12.2. The van der Waals surface area contributed by atoms with Gasteiger partial charge in [-0.25, -0.2) is 0 Å². The zero-order valence-electron chi connectivity index (χ0n) is 11.0. The molecule has 0 unspecified atom stereocenters. The molecule has 2 aromatic rings. The number of hydrogen-bond acceptors (Lipinski definition) is 2. The molecule has 3 nitrogen and oxygen atoms in total. The van der Waals surface area contributed by atoms with Gasteiger partial charge in [0.2, 0.25) is 0 Å². The van der Waals surface area contributed by atoms with Gasteiger partial charge in [0, 0.05) is 11.1 Å². The van der Waals surface area contributed by atoms with Gasteiger partial charge in [-0.05, 0) is 31.2 Å². The number of rotatable bonds is 4. The fourth-order valence-corrected chi connectivity index (χ4v) is 2.03. The highest BCUT2D eigenvalue weighted by Gasteiger charge is 2.13. The predicted octanol–water partition coefficient (Wildman–Crippen LogP) is 3.67. The first-order chi connectivity index (χ1) is 9.61. The van der Waals surface area contributed by atoms with Crippen LogP contribution in [0.3, 0.4) is 0 Å². The SMILES string of the molecule is Cc1cccc(C(=O)Nc2ccccc2C(=O)CCl)c1. The number of ketones is 1. The van der Waals surface area contributed by atoms with Crippen LogP contribution in [0.2, 0.25) is 0 Å². The van der Waals surface area contributed by atoms with Crippen LogP contribution in [0.5, 0.6) is 0 Å². The Balaban J connectivity index is 2.26. The molecule has 0 aromatic heterocycles. The number of carbonyl (C=O) groups excluding carboxylic acids is 2. The zero-order chi connectivity index (χ0) is 14.5. The van der Waals surface area contributed by atoms with Gasteiger partial charge in [-0.3, -0.25) is 9.59 Å². The highest BCUT2D eigenvalue weighted by Crippen LogP contribution is 2.17. The Morgan fingerprint density at radius 3 is 2.55 bits per heavy atom. The van der Waals surface area contributed by atoms with Crippen LogP contribution in [0, 0.1) is 6.92 Å². The van der Waals surface area contributed by atoms with E-state index in [-0.39, 0.29) is 17.6 Å². The number of hydrogen-bond donors (Lipinski definition) is 1. The first kappa shape index (κ1) is 14.3. The minimum Gasteiger partial charge on any atom is -0.321 e. The van der Waals surface area contributed by atoms with Crippen LogP contribution >= 0.6 is 11.6 Å². The second kappa shape index (κ2) is 6.35. The third-order valence-corrected chi connectivity index (χ3v) is 3.12. The minimum atomic E-state index is -0.247. The number of Topliss-reactive ketones (excluding diaryl/α,β-unsaturated/α-hetero) is 1. The summed E-state index contributed by atoms with van der Waals surface area (Å²) in [7, 11) is 0. The van der Waals surface area contributed by atoms with Gasteiger partial charge in [0.05, 0.1) is 11.6 Å². The molecule has 0 atom stereocenters. The molecule has 0 radical (unpaired) electrons. The molecule has 20 heavy (non-hydrogen) atoms. The standard InChI is InChI=1S/C16H14ClNO2/c1-11-5-4-6-12(9-11)16(20)18-14-8-3-2-7-13(14)15(19)10-17/h2-9H,10H2,1H3,(H,18,20). The Hall–Kier alpha value is -2.13. The summed E-state index contributed by atoms with van der Waals surface area (Å²) in [6, 6.07) is 14.1. The number of para-hydroxylation sites is 1. The molecule has 0 spiro atoms. The lowest BCUT2D eigenvalue weighted by molar-refractivity contribution is 0.102. The van der Waals surface area contributed by atoms with Crippen LogP contribution in [0.25, 0.3) is 0 Å². The largest absolute Gasteiger partial charge is 0.321 e. The molecular weight excluding hydrogens is 274 g/mol. The van der Waals surface area contributed by atoms with Gasteiger partial charge >= 0.3 is 0 Å². The number of benzene rings is 2. The average Bonchev–Trinajstić information content (AvgIpc) is 2.47. The van der Waals surface area contributed by atoms with Crippen molar-refractivity contribution < 1.29 is 9.59 Å². The van der Waals surface area contributed by atoms with Crippen molar-refractivity contribution in [1.82, 2.24) is 0 Å². The monoisotopic (exact) mass is 287 g/mol. The molecule has 1 N–H and O–H groups in total. The zero-order valence-corrected chi connectivity index (χ0v) is 11.8. The molecule has 0 saturated heterocycles. The highest BCUT2D eigenvalue weighted by atomic mass is 35.5. The summed E-state index contributed by atoms with van der Waals surface area (Å²) >= 11 is 5.57. The molecule has 2 aromatic carbocycles. The van der Waals surface area contributed by atoms with E-state index in [9.17, 15) is 9.59 Å². The predicted molar refractivity (Wildman–Crippen MR) is 80.6 cm³/mol. The van der Waals surface area contributed by atoms with E-state index in [1.807, 2.05) is 19.1 Å². The van der Waals surface area contributed by atoms with Crippen molar-refractivity contribution in [2.24, 2.45) is 0 Å². The Morgan fingerprint density at radius 2 is 1.85 bits per heavy atom. The summed E-state index contributed by atoms with van der Waals surface area (Å²) in [5, 5.41) is 2.75. The van der Waals surface area contributed by atoms with Gasteiger partial charge in [0.15, 0.2) is 5.78 Å². The van der Waals surface area contributed by atoms with Crippen molar-refractivity contribution in [3.63, 3.8) is 0 Å². The van der Waals surface area contributed by atoms with E-state index >= 15 is 0 Å². The van der Waals surface area contributed by atoms with Crippen LogP contribution in [0.1, 0.15) is 26.3 Å². The second-order valence-electron chi connectivity index (χ2n) is 4.43. The highest BCUT2D eigenvalue weighted by molar-refractivity contribution is 6.31. The normalized spacial score (nSPS) is 10.1. The molecule has 0 fully saturated rings. The van der Waals surface area contributed by atoms with E-state index in [1.54, 1.807) is 36.4 Å². The van der Waals surface area contributed by atoms with Crippen molar-refractivity contribution in [2.45, 2.75) is 6.92 Å². The number of anilines is 1. The first-order valence-electron chi connectivity index (χ1n) is 6.18. The van der Waals surface area contributed by atoms with Crippen molar-refractivity contribution >= 4 is 29.0 Å². The number of nitrogens with one attached hydrogen (secondary N) is 1. The lowest BCUT2D eigenvalue weighted by Crippen LogP contribution is -2.15. The maximum atomic E-state index is 12.2. The molecule has 0 heterocycles. The third kappa shape index (κ3) is 3.25. The van der Waals surface area contributed by atoms with E-state index in [2.05, 4.69) is 5.32 Å². The second-order valence-corrected chi connectivity index (χ2v) is 4.69. The van der Waals surface area contributed by atoms with Gasteiger partial charge in [-0.15, -0.1) is 11.6 Å². The quantitative estimate of drug-likeness (QED) is 0.689. The molecule has 0 aliphatic carbocycles. The minimum absolute atomic E-state index is 0.114. The summed E-state index contributed by atoms with van der Waals surface area (Å²) in [6.07, 6.45) is 0. The van der Waals surface area contributed by atoms with Gasteiger partial charge in [-0.1, -0.05) is 29.8 Å². The Bertz CT molecular complexity index is 652. The van der Waals surface area contributed by atoms with Gasteiger partial charge in [0.25, 0.3) is 5.91 Å². The van der Waals surface area contributed by atoms with Crippen molar-refractivity contribution in [3.05, 3.63) is 65.2 Å². The molecule has 4 heteroatoms. The molecule has 1 amide bonds. The van der Waals surface area contributed by atoms with Gasteiger partial charge in [0.1, 0.15) is 0 Å². The van der Waals surface area contributed by atoms with E-state index in [0.717, 1.165) is 5.56 Å². The Kier molecular flexibility index (Phi) is 4.53. The van der Waals surface area contributed by atoms with Crippen molar-refractivity contribution in [2.75, 3.05) is 11.2 Å².